The number of esters is 1. The highest BCUT2D eigenvalue weighted by Gasteiger charge is 2.22. The van der Waals surface area contributed by atoms with E-state index in [2.05, 4.69) is 6.58 Å². The number of rotatable bonds is 5. The summed E-state index contributed by atoms with van der Waals surface area (Å²) >= 11 is 0. The predicted octanol–water partition coefficient (Wildman–Crippen LogP) is 2.15. The van der Waals surface area contributed by atoms with Crippen LogP contribution in [0.1, 0.15) is 23.2 Å². The highest BCUT2D eigenvalue weighted by Crippen LogP contribution is 2.13. The second-order valence-corrected chi connectivity index (χ2v) is 4.41. The van der Waals surface area contributed by atoms with E-state index in [0.717, 1.165) is 12.8 Å². The van der Waals surface area contributed by atoms with Crippen molar-refractivity contribution in [3.05, 3.63) is 48.0 Å². The minimum Gasteiger partial charge on any atom is -0.459 e. The molecule has 2 rings (SSSR count). The lowest BCUT2D eigenvalue weighted by Crippen LogP contribution is -2.21. The molecule has 4 nitrogen and oxygen atoms in total. The first-order valence-corrected chi connectivity index (χ1v) is 6.26. The van der Waals surface area contributed by atoms with E-state index < -0.39 is 11.8 Å². The first kappa shape index (κ1) is 13.5. The molecule has 1 atom stereocenters. The van der Waals surface area contributed by atoms with Crippen LogP contribution in [0.15, 0.2) is 42.5 Å². The average molecular weight is 260 g/mol. The lowest BCUT2D eigenvalue weighted by Gasteiger charge is -2.10. The Morgan fingerprint density at radius 3 is 2.68 bits per heavy atom. The molecule has 19 heavy (non-hydrogen) atoms. The van der Waals surface area contributed by atoms with Gasteiger partial charge in [0.2, 0.25) is 0 Å². The van der Waals surface area contributed by atoms with Crippen molar-refractivity contribution in [2.45, 2.75) is 18.9 Å². The number of ether oxygens (including phenoxy) is 2. The van der Waals surface area contributed by atoms with Crippen molar-refractivity contribution in [3.63, 3.8) is 0 Å². The van der Waals surface area contributed by atoms with Gasteiger partial charge in [-0.2, -0.15) is 0 Å². The zero-order valence-electron chi connectivity index (χ0n) is 10.6. The molecule has 1 heterocycles. The van der Waals surface area contributed by atoms with E-state index in [0.29, 0.717) is 12.2 Å². The van der Waals surface area contributed by atoms with Crippen molar-refractivity contribution >= 4 is 11.8 Å². The van der Waals surface area contributed by atoms with Gasteiger partial charge in [-0.3, -0.25) is 4.79 Å². The molecule has 0 N–H and O–H groups in total. The molecule has 1 aliphatic rings. The van der Waals surface area contributed by atoms with Crippen LogP contribution in [0.2, 0.25) is 0 Å². The maximum absolute atomic E-state index is 12.0. The van der Waals surface area contributed by atoms with Crippen molar-refractivity contribution < 1.29 is 19.1 Å². The van der Waals surface area contributed by atoms with Crippen molar-refractivity contribution in [1.29, 1.82) is 0 Å². The topological polar surface area (TPSA) is 52.6 Å². The zero-order chi connectivity index (χ0) is 13.7. The Hall–Kier alpha value is -1.94. The third-order valence-corrected chi connectivity index (χ3v) is 2.98. The van der Waals surface area contributed by atoms with Crippen LogP contribution in [0.25, 0.3) is 0 Å². The van der Waals surface area contributed by atoms with Crippen LogP contribution >= 0.6 is 0 Å². The molecule has 1 fully saturated rings. The number of carbonyl (C=O) groups is 2. The molecule has 1 unspecified atom stereocenters. The fourth-order valence-corrected chi connectivity index (χ4v) is 1.89. The summed E-state index contributed by atoms with van der Waals surface area (Å²) in [5.41, 5.74) is 0.283. The van der Waals surface area contributed by atoms with Crippen LogP contribution in [0.5, 0.6) is 0 Å². The molecular weight excluding hydrogens is 244 g/mol. The number of ketones is 1. The summed E-state index contributed by atoms with van der Waals surface area (Å²) in [6.07, 6.45) is 1.81. The maximum atomic E-state index is 12.0. The van der Waals surface area contributed by atoms with Gasteiger partial charge in [-0.1, -0.05) is 36.9 Å². The van der Waals surface area contributed by atoms with Gasteiger partial charge < -0.3 is 9.47 Å². The van der Waals surface area contributed by atoms with Gasteiger partial charge in [-0.25, -0.2) is 4.79 Å². The first-order valence-electron chi connectivity index (χ1n) is 6.26. The summed E-state index contributed by atoms with van der Waals surface area (Å²) in [7, 11) is 0. The number of hydrogen-bond acceptors (Lipinski definition) is 4. The summed E-state index contributed by atoms with van der Waals surface area (Å²) in [6.45, 7) is 4.39. The monoisotopic (exact) mass is 260 g/mol. The van der Waals surface area contributed by atoms with Gasteiger partial charge >= 0.3 is 5.97 Å². The van der Waals surface area contributed by atoms with Gasteiger partial charge in [0.1, 0.15) is 12.2 Å². The summed E-state index contributed by atoms with van der Waals surface area (Å²) in [5, 5.41) is 0. The van der Waals surface area contributed by atoms with Crippen LogP contribution in [0.3, 0.4) is 0 Å². The normalized spacial score (nSPS) is 18.0. The first-order chi connectivity index (χ1) is 9.18. The second kappa shape index (κ2) is 6.29. The van der Waals surface area contributed by atoms with Crippen LogP contribution < -0.4 is 0 Å². The predicted molar refractivity (Wildman–Crippen MR) is 69.8 cm³/mol. The summed E-state index contributed by atoms with van der Waals surface area (Å²) in [4.78, 5) is 23.7. The van der Waals surface area contributed by atoms with Crippen LogP contribution in [0.4, 0.5) is 0 Å². The van der Waals surface area contributed by atoms with E-state index in [1.807, 2.05) is 0 Å². The van der Waals surface area contributed by atoms with Gasteiger partial charge in [0, 0.05) is 12.2 Å². The largest absolute Gasteiger partial charge is 0.459 e. The number of Topliss-reactive ketones (excluding diaryl/α,β-unsaturated/α-hetero) is 1. The Labute approximate surface area is 112 Å². The number of hydrogen-bond donors (Lipinski definition) is 0. The minimum atomic E-state index is -0.677. The van der Waals surface area contributed by atoms with Crippen molar-refractivity contribution in [3.8, 4) is 0 Å². The summed E-state index contributed by atoms with van der Waals surface area (Å²) in [6, 6.07) is 8.55. The number of carbonyl (C=O) groups excluding carboxylic acids is 2. The van der Waals surface area contributed by atoms with Crippen LogP contribution in [-0.4, -0.2) is 31.1 Å². The van der Waals surface area contributed by atoms with Gasteiger partial charge in [-0.05, 0) is 12.8 Å². The quantitative estimate of drug-likeness (QED) is 0.267. The Morgan fingerprint density at radius 1 is 1.32 bits per heavy atom. The highest BCUT2D eigenvalue weighted by atomic mass is 16.6. The molecule has 1 aromatic carbocycles. The van der Waals surface area contributed by atoms with E-state index in [1.165, 1.54) is 0 Å². The van der Waals surface area contributed by atoms with E-state index in [9.17, 15) is 9.59 Å². The standard InChI is InChI=1S/C15H16O4/c1-11(14(16)12-6-3-2-4-7-12)15(17)19-10-13-8-5-9-18-13/h2-4,6-7,13H,1,5,8-10H2. The molecule has 1 saturated heterocycles. The second-order valence-electron chi connectivity index (χ2n) is 4.41. The molecule has 4 heteroatoms. The lowest BCUT2D eigenvalue weighted by molar-refractivity contribution is -0.141. The third kappa shape index (κ3) is 3.51. The molecule has 0 bridgehead atoms. The van der Waals surface area contributed by atoms with Gasteiger partial charge in [0.15, 0.2) is 5.78 Å². The fraction of sp³-hybridized carbons (Fsp3) is 0.333. The highest BCUT2D eigenvalue weighted by molar-refractivity contribution is 6.23. The Morgan fingerprint density at radius 2 is 2.05 bits per heavy atom. The van der Waals surface area contributed by atoms with Crippen molar-refractivity contribution in [2.75, 3.05) is 13.2 Å². The van der Waals surface area contributed by atoms with Gasteiger partial charge in [-0.15, -0.1) is 0 Å². The molecule has 0 aliphatic carbocycles. The molecule has 0 amide bonds. The lowest BCUT2D eigenvalue weighted by atomic mass is 10.1. The summed E-state index contributed by atoms with van der Waals surface area (Å²) in [5.74, 6) is -1.08. The Bertz CT molecular complexity index is 472. The van der Waals surface area contributed by atoms with Crippen molar-refractivity contribution in [2.24, 2.45) is 0 Å². The third-order valence-electron chi connectivity index (χ3n) is 2.98. The van der Waals surface area contributed by atoms with Crippen LogP contribution in [0, 0.1) is 0 Å². The summed E-state index contributed by atoms with van der Waals surface area (Å²) < 4.78 is 10.4. The fourth-order valence-electron chi connectivity index (χ4n) is 1.89. The van der Waals surface area contributed by atoms with Gasteiger partial charge in [0.05, 0.1) is 6.10 Å². The Balaban J connectivity index is 1.88. The minimum absolute atomic E-state index is 0.0522. The van der Waals surface area contributed by atoms with Crippen LogP contribution in [-0.2, 0) is 14.3 Å². The molecule has 1 aromatic rings. The van der Waals surface area contributed by atoms with E-state index in [-0.39, 0.29) is 18.3 Å². The molecule has 0 aromatic heterocycles. The van der Waals surface area contributed by atoms with E-state index >= 15 is 0 Å². The maximum Gasteiger partial charge on any atom is 0.341 e. The molecular formula is C15H16O4. The van der Waals surface area contributed by atoms with Crippen molar-refractivity contribution in [1.82, 2.24) is 0 Å². The smallest absolute Gasteiger partial charge is 0.341 e. The van der Waals surface area contributed by atoms with E-state index in [4.69, 9.17) is 9.47 Å². The molecule has 0 spiro atoms. The average Bonchev–Trinajstić information content (AvgIpc) is 2.97. The molecule has 1 aliphatic heterocycles. The van der Waals surface area contributed by atoms with E-state index in [1.54, 1.807) is 30.3 Å². The number of benzene rings is 1. The molecule has 0 radical (unpaired) electrons. The SMILES string of the molecule is C=C(C(=O)OCC1CCCO1)C(=O)c1ccccc1. The zero-order valence-corrected chi connectivity index (χ0v) is 10.6. The Kier molecular flexibility index (Phi) is 4.47. The molecule has 0 saturated carbocycles. The molecule has 100 valence electrons. The van der Waals surface area contributed by atoms with Gasteiger partial charge in [0.25, 0.3) is 0 Å².